The first-order chi connectivity index (χ1) is 9.04. The molecule has 2 rings (SSSR count). The minimum Gasteiger partial charge on any atom is -0.494 e. The number of fused-ring (bicyclic) bond motifs is 1. The van der Waals surface area contributed by atoms with E-state index in [0.717, 1.165) is 27.6 Å². The summed E-state index contributed by atoms with van der Waals surface area (Å²) < 4.78 is 12.0. The van der Waals surface area contributed by atoms with Gasteiger partial charge >= 0.3 is 0 Å². The Kier molecular flexibility index (Phi) is 4.27. The van der Waals surface area contributed by atoms with Gasteiger partial charge in [-0.05, 0) is 39.0 Å². The molecule has 1 N–H and O–H groups in total. The fourth-order valence-corrected chi connectivity index (χ4v) is 2.49. The Morgan fingerprint density at radius 1 is 1.37 bits per heavy atom. The Hall–Kier alpha value is -1.33. The highest BCUT2D eigenvalue weighted by molar-refractivity contribution is 7.22. The van der Waals surface area contributed by atoms with Crippen LogP contribution < -0.4 is 10.1 Å². The Labute approximate surface area is 117 Å². The monoisotopic (exact) mass is 280 g/mol. The van der Waals surface area contributed by atoms with E-state index in [1.54, 1.807) is 18.4 Å². The van der Waals surface area contributed by atoms with Gasteiger partial charge in [-0.25, -0.2) is 4.98 Å². The van der Waals surface area contributed by atoms with Crippen molar-refractivity contribution in [3.8, 4) is 5.75 Å². The van der Waals surface area contributed by atoms with Gasteiger partial charge in [0.2, 0.25) is 0 Å². The highest BCUT2D eigenvalue weighted by atomic mass is 32.1. The highest BCUT2D eigenvalue weighted by Gasteiger charge is 2.16. The van der Waals surface area contributed by atoms with Crippen molar-refractivity contribution >= 4 is 26.7 Å². The number of aromatic nitrogens is 1. The van der Waals surface area contributed by atoms with Gasteiger partial charge in [0.1, 0.15) is 5.75 Å². The summed E-state index contributed by atoms with van der Waals surface area (Å²) in [5.74, 6) is 0.891. The van der Waals surface area contributed by atoms with Crippen LogP contribution in [0.4, 0.5) is 5.13 Å². The van der Waals surface area contributed by atoms with Gasteiger partial charge in [-0.1, -0.05) is 11.3 Å². The third kappa shape index (κ3) is 3.58. The van der Waals surface area contributed by atoms with Gasteiger partial charge in [0.05, 0.1) is 22.4 Å². The van der Waals surface area contributed by atoms with E-state index in [2.05, 4.69) is 10.3 Å². The molecule has 0 fully saturated rings. The first-order valence-corrected chi connectivity index (χ1v) is 7.18. The number of hydrogen-bond donors (Lipinski definition) is 1. The molecule has 104 valence electrons. The third-order valence-corrected chi connectivity index (χ3v) is 3.86. The summed E-state index contributed by atoms with van der Waals surface area (Å²) >= 11 is 1.63. The highest BCUT2D eigenvalue weighted by Crippen LogP contribution is 2.29. The first kappa shape index (κ1) is 14.1. The van der Waals surface area contributed by atoms with Gasteiger partial charge < -0.3 is 14.8 Å². The minimum atomic E-state index is -0.200. The lowest BCUT2D eigenvalue weighted by molar-refractivity contribution is 0.0344. The molecule has 5 heteroatoms. The van der Waals surface area contributed by atoms with E-state index in [1.807, 2.05) is 39.0 Å². The summed E-state index contributed by atoms with van der Waals surface area (Å²) in [5, 5.41) is 4.23. The maximum Gasteiger partial charge on any atom is 0.183 e. The molecule has 0 amide bonds. The number of thiazole rings is 1. The van der Waals surface area contributed by atoms with Crippen LogP contribution in [-0.2, 0) is 4.74 Å². The molecule has 1 aromatic carbocycles. The molecule has 0 saturated carbocycles. The number of benzene rings is 1. The van der Waals surface area contributed by atoms with Crippen molar-refractivity contribution in [2.75, 3.05) is 25.6 Å². The van der Waals surface area contributed by atoms with Gasteiger partial charge in [0, 0.05) is 13.7 Å². The number of hydrogen-bond acceptors (Lipinski definition) is 5. The van der Waals surface area contributed by atoms with E-state index in [9.17, 15) is 0 Å². The first-order valence-electron chi connectivity index (χ1n) is 6.36. The third-order valence-electron chi connectivity index (χ3n) is 2.89. The van der Waals surface area contributed by atoms with E-state index < -0.39 is 0 Å². The molecule has 0 aliphatic rings. The van der Waals surface area contributed by atoms with E-state index in [1.165, 1.54) is 0 Å². The quantitative estimate of drug-likeness (QED) is 0.879. The predicted octanol–water partition coefficient (Wildman–Crippen LogP) is 3.53. The van der Waals surface area contributed by atoms with Crippen LogP contribution in [0, 0.1) is 0 Å². The van der Waals surface area contributed by atoms with Gasteiger partial charge in [-0.2, -0.15) is 0 Å². The Morgan fingerprint density at radius 3 is 2.84 bits per heavy atom. The van der Waals surface area contributed by atoms with E-state index in [0.29, 0.717) is 6.61 Å². The number of nitrogens with one attached hydrogen (secondary N) is 1. The number of ether oxygens (including phenoxy) is 2. The molecule has 0 aliphatic heterocycles. The molecule has 0 spiro atoms. The van der Waals surface area contributed by atoms with Crippen molar-refractivity contribution in [1.82, 2.24) is 4.98 Å². The molecule has 4 nitrogen and oxygen atoms in total. The fourth-order valence-electron chi connectivity index (χ4n) is 1.60. The van der Waals surface area contributed by atoms with Crippen LogP contribution in [-0.4, -0.2) is 30.8 Å². The van der Waals surface area contributed by atoms with Crippen molar-refractivity contribution in [3.05, 3.63) is 18.2 Å². The molecular weight excluding hydrogens is 260 g/mol. The molecule has 0 aliphatic carbocycles. The van der Waals surface area contributed by atoms with Crippen molar-refractivity contribution in [2.45, 2.75) is 26.4 Å². The molecule has 2 aromatic rings. The van der Waals surface area contributed by atoms with Crippen LogP contribution in [0.15, 0.2) is 18.2 Å². The Balaban J connectivity index is 2.13. The standard InChI is InChI=1S/C14H20N2O2S/c1-5-18-10-6-7-11-12(8-10)19-13(16-11)15-9-14(2,3)17-4/h6-8H,5,9H2,1-4H3,(H,15,16). The van der Waals surface area contributed by atoms with Gasteiger partial charge in [0.25, 0.3) is 0 Å². The second kappa shape index (κ2) is 5.75. The molecular formula is C14H20N2O2S. The van der Waals surface area contributed by atoms with Crippen LogP contribution >= 0.6 is 11.3 Å². The summed E-state index contributed by atoms with van der Waals surface area (Å²) in [6, 6.07) is 5.97. The van der Waals surface area contributed by atoms with Crippen molar-refractivity contribution < 1.29 is 9.47 Å². The Bertz CT molecular complexity index is 551. The maximum atomic E-state index is 5.49. The zero-order valence-corrected chi connectivity index (χ0v) is 12.6. The number of nitrogens with zero attached hydrogens (tertiary/aromatic N) is 1. The van der Waals surface area contributed by atoms with Crippen molar-refractivity contribution in [3.63, 3.8) is 0 Å². The smallest absolute Gasteiger partial charge is 0.183 e. The predicted molar refractivity (Wildman–Crippen MR) is 80.4 cm³/mol. The normalized spacial score (nSPS) is 11.8. The number of rotatable bonds is 6. The molecule has 0 saturated heterocycles. The van der Waals surface area contributed by atoms with Crippen molar-refractivity contribution in [1.29, 1.82) is 0 Å². The summed E-state index contributed by atoms with van der Waals surface area (Å²) in [5.41, 5.74) is 0.792. The van der Waals surface area contributed by atoms with E-state index in [4.69, 9.17) is 9.47 Å². The number of methoxy groups -OCH3 is 1. The molecule has 0 bridgehead atoms. The second-order valence-electron chi connectivity index (χ2n) is 4.90. The van der Waals surface area contributed by atoms with Crippen LogP contribution in [0.5, 0.6) is 5.75 Å². The molecule has 0 unspecified atom stereocenters. The van der Waals surface area contributed by atoms with Crippen LogP contribution in [0.3, 0.4) is 0 Å². The van der Waals surface area contributed by atoms with Crippen molar-refractivity contribution in [2.24, 2.45) is 0 Å². The molecule has 0 atom stereocenters. The Morgan fingerprint density at radius 2 is 2.16 bits per heavy atom. The minimum absolute atomic E-state index is 0.200. The lowest BCUT2D eigenvalue weighted by Gasteiger charge is -2.22. The molecule has 19 heavy (non-hydrogen) atoms. The zero-order valence-electron chi connectivity index (χ0n) is 11.8. The average Bonchev–Trinajstić information content (AvgIpc) is 2.79. The summed E-state index contributed by atoms with van der Waals surface area (Å²) in [4.78, 5) is 4.55. The summed E-state index contributed by atoms with van der Waals surface area (Å²) in [6.45, 7) is 7.47. The molecule has 0 radical (unpaired) electrons. The number of anilines is 1. The van der Waals surface area contributed by atoms with E-state index in [-0.39, 0.29) is 5.60 Å². The van der Waals surface area contributed by atoms with Gasteiger partial charge in [0.15, 0.2) is 5.13 Å². The average molecular weight is 280 g/mol. The van der Waals surface area contributed by atoms with Crippen LogP contribution in [0.25, 0.3) is 10.2 Å². The van der Waals surface area contributed by atoms with Gasteiger partial charge in [-0.3, -0.25) is 0 Å². The largest absolute Gasteiger partial charge is 0.494 e. The summed E-state index contributed by atoms with van der Waals surface area (Å²) in [7, 11) is 1.72. The topological polar surface area (TPSA) is 43.4 Å². The fraction of sp³-hybridized carbons (Fsp3) is 0.500. The van der Waals surface area contributed by atoms with E-state index >= 15 is 0 Å². The summed E-state index contributed by atoms with van der Waals surface area (Å²) in [6.07, 6.45) is 0. The lowest BCUT2D eigenvalue weighted by Crippen LogP contribution is -2.31. The lowest BCUT2D eigenvalue weighted by atomic mass is 10.1. The van der Waals surface area contributed by atoms with Gasteiger partial charge in [-0.15, -0.1) is 0 Å². The zero-order chi connectivity index (χ0) is 13.9. The van der Waals surface area contributed by atoms with Crippen LogP contribution in [0.2, 0.25) is 0 Å². The maximum absolute atomic E-state index is 5.49. The van der Waals surface area contributed by atoms with Crippen LogP contribution in [0.1, 0.15) is 20.8 Å². The molecule has 1 heterocycles. The SMILES string of the molecule is CCOc1ccc2nc(NCC(C)(C)OC)sc2c1. The molecule has 1 aromatic heterocycles. The second-order valence-corrected chi connectivity index (χ2v) is 5.93.